The number of anilines is 2. The third-order valence-electron chi connectivity index (χ3n) is 4.00. The average molecular weight is 414 g/mol. The molecule has 0 radical (unpaired) electrons. The van der Waals surface area contributed by atoms with Crippen molar-refractivity contribution in [2.45, 2.75) is 17.9 Å². The van der Waals surface area contributed by atoms with Gasteiger partial charge in [0.1, 0.15) is 11.9 Å². The van der Waals surface area contributed by atoms with Gasteiger partial charge in [-0.15, -0.1) is 16.8 Å². The summed E-state index contributed by atoms with van der Waals surface area (Å²) in [5, 5.41) is 14.4. The molecule has 12 heteroatoms. The van der Waals surface area contributed by atoms with Crippen LogP contribution in [0.5, 0.6) is 0 Å². The Bertz CT molecular complexity index is 849. The Hall–Kier alpha value is -1.92. The minimum Gasteiger partial charge on any atom is -0.319 e. The van der Waals surface area contributed by atoms with Crippen LogP contribution < -0.4 is 26.7 Å². The van der Waals surface area contributed by atoms with E-state index in [2.05, 4.69) is 26.5 Å². The van der Waals surface area contributed by atoms with E-state index in [1.807, 2.05) is 0 Å². The van der Waals surface area contributed by atoms with Crippen molar-refractivity contribution < 1.29 is 14.6 Å². The minimum atomic E-state index is -0.420. The molecular weight excluding hydrogens is 397 g/mol. The van der Waals surface area contributed by atoms with Crippen molar-refractivity contribution >= 4 is 40.5 Å². The normalized spacial score (nSPS) is 25.1. The molecule has 1 amide bonds. The monoisotopic (exact) mass is 413 g/mol. The molecule has 0 aliphatic carbocycles. The van der Waals surface area contributed by atoms with Gasteiger partial charge in [0.05, 0.1) is 16.2 Å². The van der Waals surface area contributed by atoms with Gasteiger partial charge >= 0.3 is 0 Å². The van der Waals surface area contributed by atoms with Crippen molar-refractivity contribution in [3.63, 3.8) is 0 Å². The zero-order valence-corrected chi connectivity index (χ0v) is 15.7. The van der Waals surface area contributed by atoms with Crippen molar-refractivity contribution in [2.24, 2.45) is 7.05 Å². The third kappa shape index (κ3) is 3.87. The van der Waals surface area contributed by atoms with Gasteiger partial charge in [0.15, 0.2) is 11.9 Å². The molecule has 4 rings (SSSR count). The third-order valence-corrected chi connectivity index (χ3v) is 4.68. The maximum absolute atomic E-state index is 12.3. The molecule has 2 aliphatic rings. The van der Waals surface area contributed by atoms with E-state index in [0.717, 1.165) is 5.23 Å². The Kier molecular flexibility index (Phi) is 5.19. The number of halogens is 2. The largest absolute Gasteiger partial charge is 0.319 e. The summed E-state index contributed by atoms with van der Waals surface area (Å²) in [6.07, 6.45) is 0.932. The number of piperazine rings is 1. The number of hydrogen-bond donors (Lipinski definition) is 4. The summed E-state index contributed by atoms with van der Waals surface area (Å²) in [7, 11) is 1.73. The molecule has 0 saturated carbocycles. The fraction of sp³-hybridized carbons (Fsp3) is 0.333. The van der Waals surface area contributed by atoms with Crippen molar-refractivity contribution in [3.8, 4) is 0 Å². The lowest BCUT2D eigenvalue weighted by atomic mass is 10.2. The highest BCUT2D eigenvalue weighted by atomic mass is 35.5. The highest BCUT2D eigenvalue weighted by Gasteiger charge is 2.37. The van der Waals surface area contributed by atoms with Crippen LogP contribution in [0.2, 0.25) is 5.02 Å². The smallest absolute Gasteiger partial charge is 0.276 e. The minimum absolute atomic E-state index is 0.244. The van der Waals surface area contributed by atoms with Crippen LogP contribution in [0.3, 0.4) is 0 Å². The van der Waals surface area contributed by atoms with Gasteiger partial charge in [0.25, 0.3) is 5.91 Å². The summed E-state index contributed by atoms with van der Waals surface area (Å²) in [4.78, 5) is 23.5. The summed E-state index contributed by atoms with van der Waals surface area (Å²) >= 11 is 12.5. The number of fused-ring (bicyclic) bond motifs is 1. The van der Waals surface area contributed by atoms with Crippen LogP contribution in [0.25, 0.3) is 0 Å². The number of nitrogens with zero attached hydrogens (tertiary/aromatic N) is 3. The van der Waals surface area contributed by atoms with Crippen LogP contribution in [0.15, 0.2) is 30.5 Å². The fourth-order valence-corrected chi connectivity index (χ4v) is 3.15. The van der Waals surface area contributed by atoms with Gasteiger partial charge in [-0.05, 0) is 18.2 Å². The van der Waals surface area contributed by atoms with Gasteiger partial charge < -0.3 is 5.32 Å². The van der Waals surface area contributed by atoms with Crippen LogP contribution in [0.4, 0.5) is 11.4 Å². The van der Waals surface area contributed by atoms with Crippen molar-refractivity contribution in [2.75, 3.05) is 17.1 Å². The second kappa shape index (κ2) is 7.60. The van der Waals surface area contributed by atoms with E-state index < -0.39 is 6.23 Å². The molecule has 3 atom stereocenters. The number of benzene rings is 1. The highest BCUT2D eigenvalue weighted by molar-refractivity contribution is 6.36. The zero-order valence-electron chi connectivity index (χ0n) is 14.1. The average Bonchev–Trinajstić information content (AvgIpc) is 3.09. The van der Waals surface area contributed by atoms with E-state index in [1.54, 1.807) is 42.2 Å². The zero-order chi connectivity index (χ0) is 19.0. The number of carbonyl (C=O) groups excluding carboxylic acids is 1. The molecule has 2 fully saturated rings. The standard InChI is InChI=1S/C15H17Cl2N7O3/c1-23-6-5-9(21-23)14(25)19-8-3-2-4-10(12(8)17)24-26-15-13(22-27-24)20-11(16)7-18-15/h2-6,11,13,15,18,20,22H,7H2,1H3,(H,19,25). The van der Waals surface area contributed by atoms with Gasteiger partial charge in [-0.1, -0.05) is 17.7 Å². The topological polar surface area (TPSA) is 105 Å². The Morgan fingerprint density at radius 1 is 1.41 bits per heavy atom. The van der Waals surface area contributed by atoms with E-state index in [-0.39, 0.29) is 28.3 Å². The van der Waals surface area contributed by atoms with Crippen LogP contribution in [0.1, 0.15) is 10.5 Å². The summed E-state index contributed by atoms with van der Waals surface area (Å²) < 4.78 is 1.54. The summed E-state index contributed by atoms with van der Waals surface area (Å²) in [6.45, 7) is 0.520. The number of hydroxylamine groups is 1. The molecule has 3 unspecified atom stereocenters. The molecular formula is C15H17Cl2N7O3. The molecule has 1 aromatic heterocycles. The van der Waals surface area contributed by atoms with Gasteiger partial charge in [-0.3, -0.25) is 20.1 Å². The molecule has 3 heterocycles. The predicted octanol–water partition coefficient (Wildman–Crippen LogP) is 0.923. The lowest BCUT2D eigenvalue weighted by molar-refractivity contribution is -0.244. The number of aryl methyl sites for hydroxylation is 1. The van der Waals surface area contributed by atoms with Gasteiger partial charge in [-0.2, -0.15) is 15.5 Å². The first-order valence-electron chi connectivity index (χ1n) is 8.13. The SMILES string of the molecule is Cn1ccc(C(=O)Nc2cccc(N3ONC4NC(Cl)CNC4O3)c2Cl)n1. The maximum atomic E-state index is 12.3. The lowest BCUT2D eigenvalue weighted by Gasteiger charge is -2.42. The van der Waals surface area contributed by atoms with Crippen LogP contribution >= 0.6 is 23.2 Å². The Morgan fingerprint density at radius 2 is 2.26 bits per heavy atom. The first kappa shape index (κ1) is 18.4. The van der Waals surface area contributed by atoms with E-state index in [9.17, 15) is 4.79 Å². The van der Waals surface area contributed by atoms with Gasteiger partial charge in [0.2, 0.25) is 0 Å². The number of rotatable bonds is 3. The van der Waals surface area contributed by atoms with Crippen LogP contribution in [-0.4, -0.2) is 40.1 Å². The number of aromatic nitrogens is 2. The molecule has 144 valence electrons. The van der Waals surface area contributed by atoms with E-state index in [0.29, 0.717) is 17.9 Å². The highest BCUT2D eigenvalue weighted by Crippen LogP contribution is 2.34. The summed E-state index contributed by atoms with van der Waals surface area (Å²) in [5.74, 6) is -0.375. The second-order valence-corrected chi connectivity index (χ2v) is 6.88. The fourth-order valence-electron chi connectivity index (χ4n) is 2.69. The van der Waals surface area contributed by atoms with Crippen molar-refractivity contribution in [1.82, 2.24) is 25.9 Å². The number of amides is 1. The Morgan fingerprint density at radius 3 is 3.04 bits per heavy atom. The summed E-state index contributed by atoms with van der Waals surface area (Å²) in [6, 6.07) is 6.70. The van der Waals surface area contributed by atoms with E-state index in [1.165, 1.54) is 0 Å². The molecule has 0 bridgehead atoms. The molecule has 2 aromatic rings. The van der Waals surface area contributed by atoms with E-state index >= 15 is 0 Å². The lowest BCUT2D eigenvalue weighted by Crippen LogP contribution is -2.70. The number of alkyl halides is 1. The molecule has 4 N–H and O–H groups in total. The molecule has 0 spiro atoms. The van der Waals surface area contributed by atoms with E-state index in [4.69, 9.17) is 33.0 Å². The number of carbonyl (C=O) groups is 1. The second-order valence-electron chi connectivity index (χ2n) is 5.98. The number of nitrogens with one attached hydrogen (secondary N) is 4. The first-order valence-corrected chi connectivity index (χ1v) is 8.95. The van der Waals surface area contributed by atoms with Crippen molar-refractivity contribution in [1.29, 1.82) is 0 Å². The van der Waals surface area contributed by atoms with Crippen molar-refractivity contribution in [3.05, 3.63) is 41.2 Å². The molecule has 10 nitrogen and oxygen atoms in total. The molecule has 2 saturated heterocycles. The Balaban J connectivity index is 1.49. The summed E-state index contributed by atoms with van der Waals surface area (Å²) in [5.41, 5.74) is 3.65. The first-order chi connectivity index (χ1) is 13.0. The molecule has 1 aromatic carbocycles. The van der Waals surface area contributed by atoms with Gasteiger partial charge in [-0.25, -0.2) is 4.84 Å². The maximum Gasteiger partial charge on any atom is 0.276 e. The van der Waals surface area contributed by atoms with Crippen LogP contribution in [0, 0.1) is 0 Å². The van der Waals surface area contributed by atoms with Crippen LogP contribution in [-0.2, 0) is 16.8 Å². The Labute approximate surface area is 164 Å². The molecule has 2 aliphatic heterocycles. The molecule has 27 heavy (non-hydrogen) atoms. The number of hydrogen-bond acceptors (Lipinski definition) is 8. The quantitative estimate of drug-likeness (QED) is 0.435. The van der Waals surface area contributed by atoms with Gasteiger partial charge in [0, 0.05) is 19.8 Å². The predicted molar refractivity (Wildman–Crippen MR) is 98.8 cm³/mol.